The standard InChI is InChI=1S/C14H19N3O4S2/c1-9-5-7-10(8-6-9)11(17-23(20)21)14(2,3)12(18)16-13(19)22-15-4/h5-8,11,15H,1-4H3,(H,16,18,19). The van der Waals surface area contributed by atoms with Crippen molar-refractivity contribution in [2.75, 3.05) is 7.05 Å². The van der Waals surface area contributed by atoms with Gasteiger partial charge in [-0.3, -0.25) is 19.6 Å². The first-order chi connectivity index (χ1) is 10.7. The van der Waals surface area contributed by atoms with Gasteiger partial charge in [0.15, 0.2) is 0 Å². The van der Waals surface area contributed by atoms with Crippen LogP contribution in [0.3, 0.4) is 0 Å². The van der Waals surface area contributed by atoms with Crippen LogP contribution < -0.4 is 10.0 Å². The molecule has 0 aliphatic rings. The third kappa shape index (κ3) is 5.45. The molecule has 23 heavy (non-hydrogen) atoms. The predicted octanol–water partition coefficient (Wildman–Crippen LogP) is 2.23. The summed E-state index contributed by atoms with van der Waals surface area (Å²) in [5.74, 6) is -0.606. The van der Waals surface area contributed by atoms with Crippen LogP contribution in [0.4, 0.5) is 4.79 Å². The quantitative estimate of drug-likeness (QED) is 0.783. The average Bonchev–Trinajstić information content (AvgIpc) is 2.45. The Morgan fingerprint density at radius 2 is 1.78 bits per heavy atom. The third-order valence-electron chi connectivity index (χ3n) is 3.26. The van der Waals surface area contributed by atoms with Gasteiger partial charge in [0, 0.05) is 11.9 Å². The first-order valence-electron chi connectivity index (χ1n) is 6.74. The fraction of sp³-hybridized carbons (Fsp3) is 0.429. The molecule has 0 fully saturated rings. The number of carbonyl (C=O) groups excluding carboxylic acids is 2. The van der Waals surface area contributed by atoms with Gasteiger partial charge in [-0.25, -0.2) is 0 Å². The molecule has 0 radical (unpaired) electrons. The molecular weight excluding hydrogens is 338 g/mol. The van der Waals surface area contributed by atoms with Gasteiger partial charge < -0.3 is 0 Å². The number of hydrogen-bond donors (Lipinski definition) is 2. The fourth-order valence-electron chi connectivity index (χ4n) is 1.94. The van der Waals surface area contributed by atoms with Gasteiger partial charge in [-0.1, -0.05) is 29.8 Å². The second kappa shape index (κ2) is 8.23. The van der Waals surface area contributed by atoms with Crippen molar-refractivity contribution in [1.82, 2.24) is 10.0 Å². The summed E-state index contributed by atoms with van der Waals surface area (Å²) in [6, 6.07) is 6.11. The molecule has 0 saturated carbocycles. The van der Waals surface area contributed by atoms with Crippen LogP contribution in [-0.2, 0) is 15.3 Å². The summed E-state index contributed by atoms with van der Waals surface area (Å²) in [5, 5.41) is 1.64. The lowest BCUT2D eigenvalue weighted by atomic mass is 9.80. The van der Waals surface area contributed by atoms with Gasteiger partial charge in [0.25, 0.3) is 0 Å². The van der Waals surface area contributed by atoms with Gasteiger partial charge in [-0.2, -0.15) is 12.8 Å². The molecule has 2 amide bonds. The molecule has 0 aliphatic carbocycles. The predicted molar refractivity (Wildman–Crippen MR) is 89.2 cm³/mol. The molecule has 1 atom stereocenters. The average molecular weight is 357 g/mol. The minimum atomic E-state index is -2.69. The molecule has 0 aromatic heterocycles. The number of aryl methyl sites for hydroxylation is 1. The lowest BCUT2D eigenvalue weighted by molar-refractivity contribution is -0.129. The molecule has 0 spiro atoms. The Bertz CT molecular complexity index is 704. The largest absolute Gasteiger partial charge is 0.311 e. The number of hydrogen-bond acceptors (Lipinski definition) is 7. The number of nitrogens with one attached hydrogen (secondary N) is 2. The Morgan fingerprint density at radius 1 is 1.22 bits per heavy atom. The van der Waals surface area contributed by atoms with E-state index in [1.54, 1.807) is 33.0 Å². The van der Waals surface area contributed by atoms with Crippen molar-refractivity contribution in [3.63, 3.8) is 0 Å². The first-order valence-corrected chi connectivity index (χ1v) is 8.59. The SMILES string of the molecule is CNSC(=O)NC(=O)C(C)(C)C(N=S(=O)=O)c1ccc(C)cc1. The highest BCUT2D eigenvalue weighted by molar-refractivity contribution is 8.11. The van der Waals surface area contributed by atoms with Crippen molar-refractivity contribution in [1.29, 1.82) is 0 Å². The van der Waals surface area contributed by atoms with Gasteiger partial charge in [0.1, 0.15) is 6.04 Å². The number of imide groups is 1. The maximum atomic E-state index is 12.4. The van der Waals surface area contributed by atoms with Crippen molar-refractivity contribution < 1.29 is 18.0 Å². The Hall–Kier alpha value is -1.71. The van der Waals surface area contributed by atoms with E-state index in [2.05, 4.69) is 14.4 Å². The highest BCUT2D eigenvalue weighted by atomic mass is 32.2. The van der Waals surface area contributed by atoms with E-state index in [1.165, 1.54) is 0 Å². The van der Waals surface area contributed by atoms with Gasteiger partial charge >= 0.3 is 15.7 Å². The molecular formula is C14H19N3O4S2. The second-order valence-electron chi connectivity index (χ2n) is 5.41. The van der Waals surface area contributed by atoms with E-state index >= 15 is 0 Å². The van der Waals surface area contributed by atoms with Crippen LogP contribution in [-0.4, -0.2) is 26.6 Å². The highest BCUT2D eigenvalue weighted by Crippen LogP contribution is 2.37. The monoisotopic (exact) mass is 357 g/mol. The van der Waals surface area contributed by atoms with Crippen LogP contribution in [0.25, 0.3) is 0 Å². The lowest BCUT2D eigenvalue weighted by Crippen LogP contribution is -2.42. The Labute approximate surface area is 141 Å². The molecule has 1 unspecified atom stereocenters. The second-order valence-corrected chi connectivity index (χ2v) is 7.03. The first kappa shape index (κ1) is 19.3. The van der Waals surface area contributed by atoms with Crippen LogP contribution in [0.15, 0.2) is 28.6 Å². The van der Waals surface area contributed by atoms with E-state index < -0.39 is 33.1 Å². The van der Waals surface area contributed by atoms with E-state index in [1.807, 2.05) is 19.1 Å². The summed E-state index contributed by atoms with van der Waals surface area (Å²) >= 11 is 0.726. The number of nitrogens with zero attached hydrogens (tertiary/aromatic N) is 1. The Kier molecular flexibility index (Phi) is 6.92. The molecule has 0 aliphatic heterocycles. The summed E-state index contributed by atoms with van der Waals surface area (Å²) in [5.41, 5.74) is 0.339. The van der Waals surface area contributed by atoms with Crippen molar-refractivity contribution >= 4 is 33.6 Å². The van der Waals surface area contributed by atoms with Gasteiger partial charge in [0.2, 0.25) is 5.91 Å². The molecule has 1 aromatic rings. The van der Waals surface area contributed by atoms with E-state index in [0.717, 1.165) is 17.5 Å². The topological polar surface area (TPSA) is 105 Å². The zero-order chi connectivity index (χ0) is 17.6. The molecule has 126 valence electrons. The summed E-state index contributed by atoms with van der Waals surface area (Å²) < 4.78 is 28.3. The minimum absolute atomic E-state index is 0.573. The van der Waals surface area contributed by atoms with E-state index in [9.17, 15) is 18.0 Å². The molecule has 1 aromatic carbocycles. The molecule has 0 heterocycles. The van der Waals surface area contributed by atoms with E-state index in [-0.39, 0.29) is 0 Å². The Balaban J connectivity index is 3.19. The molecule has 1 rings (SSSR count). The fourth-order valence-corrected chi connectivity index (χ4v) is 2.83. The van der Waals surface area contributed by atoms with Crippen LogP contribution >= 0.6 is 11.9 Å². The number of rotatable bonds is 5. The van der Waals surface area contributed by atoms with Crippen LogP contribution in [0.2, 0.25) is 0 Å². The molecule has 0 bridgehead atoms. The summed E-state index contributed by atoms with van der Waals surface area (Å²) in [6.07, 6.45) is 0. The maximum absolute atomic E-state index is 12.4. The lowest BCUT2D eigenvalue weighted by Gasteiger charge is -2.29. The number of benzene rings is 1. The van der Waals surface area contributed by atoms with Crippen LogP contribution in [0.1, 0.15) is 31.0 Å². The number of amides is 2. The Morgan fingerprint density at radius 3 is 2.26 bits per heavy atom. The normalized spacial score (nSPS) is 12.3. The molecule has 2 N–H and O–H groups in total. The molecule has 0 saturated heterocycles. The zero-order valence-corrected chi connectivity index (χ0v) is 14.9. The molecule has 7 nitrogen and oxygen atoms in total. The smallest absolute Gasteiger partial charge is 0.286 e. The minimum Gasteiger partial charge on any atom is -0.286 e. The van der Waals surface area contributed by atoms with Crippen molar-refractivity contribution in [3.05, 3.63) is 35.4 Å². The van der Waals surface area contributed by atoms with Crippen molar-refractivity contribution in [2.24, 2.45) is 9.78 Å². The third-order valence-corrected chi connectivity index (χ3v) is 4.14. The maximum Gasteiger partial charge on any atom is 0.311 e. The summed E-state index contributed by atoms with van der Waals surface area (Å²) in [6.45, 7) is 4.98. The van der Waals surface area contributed by atoms with Crippen molar-refractivity contribution in [2.45, 2.75) is 26.8 Å². The van der Waals surface area contributed by atoms with Gasteiger partial charge in [-0.15, -0.1) is 0 Å². The number of carbonyl (C=O) groups is 2. The summed E-state index contributed by atoms with van der Waals surface area (Å²) in [4.78, 5) is 23.9. The van der Waals surface area contributed by atoms with Gasteiger partial charge in [0.05, 0.1) is 5.41 Å². The van der Waals surface area contributed by atoms with E-state index in [4.69, 9.17) is 0 Å². The zero-order valence-electron chi connectivity index (χ0n) is 13.3. The van der Waals surface area contributed by atoms with Gasteiger partial charge in [-0.05, 0) is 33.4 Å². The van der Waals surface area contributed by atoms with Crippen molar-refractivity contribution in [3.8, 4) is 0 Å². The van der Waals surface area contributed by atoms with Crippen LogP contribution in [0, 0.1) is 12.3 Å². The van der Waals surface area contributed by atoms with Crippen LogP contribution in [0.5, 0.6) is 0 Å². The molecule has 9 heteroatoms. The highest BCUT2D eigenvalue weighted by Gasteiger charge is 2.39. The van der Waals surface area contributed by atoms with E-state index in [0.29, 0.717) is 5.56 Å². The summed E-state index contributed by atoms with van der Waals surface area (Å²) in [7, 11) is -1.14.